The molecule has 1 N–H and O–H groups in total. The summed E-state index contributed by atoms with van der Waals surface area (Å²) < 4.78 is 40.6. The van der Waals surface area contributed by atoms with Gasteiger partial charge in [0, 0.05) is 28.9 Å². The molecule has 0 bridgehead atoms. The fraction of sp³-hybridized carbons (Fsp3) is 0.0667. The van der Waals surface area contributed by atoms with Crippen molar-refractivity contribution in [2.75, 3.05) is 0 Å². The molecule has 23 heavy (non-hydrogen) atoms. The standard InChI is InChI=1S/C15H8BF3N2O2/c16-9-5-11-12(7-21-14(11)20-6-9)13(22)8-2-1-3-10(4-8)23-15(17,18)19/h1-7H,(H,20,21). The molecule has 2 aromatic heterocycles. The number of hydrogen-bond acceptors (Lipinski definition) is 3. The number of halogens is 3. The van der Waals surface area contributed by atoms with Crippen molar-refractivity contribution >= 4 is 30.1 Å². The molecule has 0 unspecified atom stereocenters. The molecule has 2 heterocycles. The summed E-state index contributed by atoms with van der Waals surface area (Å²) in [6.07, 6.45) is -1.94. The van der Waals surface area contributed by atoms with Crippen molar-refractivity contribution in [3.05, 3.63) is 53.9 Å². The third kappa shape index (κ3) is 3.20. The van der Waals surface area contributed by atoms with Gasteiger partial charge in [-0.05, 0) is 12.1 Å². The Balaban J connectivity index is 1.99. The quantitative estimate of drug-likeness (QED) is 0.597. The second kappa shape index (κ2) is 5.46. The monoisotopic (exact) mass is 316 g/mol. The minimum atomic E-state index is -4.82. The van der Waals surface area contributed by atoms with E-state index in [1.807, 2.05) is 0 Å². The minimum absolute atomic E-state index is 0.0649. The van der Waals surface area contributed by atoms with Crippen LogP contribution in [0.1, 0.15) is 15.9 Å². The molecular weight excluding hydrogens is 308 g/mol. The maximum atomic E-state index is 12.5. The van der Waals surface area contributed by atoms with Crippen LogP contribution in [0.15, 0.2) is 42.7 Å². The maximum absolute atomic E-state index is 12.5. The number of fused-ring (bicyclic) bond motifs is 1. The third-order valence-electron chi connectivity index (χ3n) is 3.13. The van der Waals surface area contributed by atoms with Crippen LogP contribution in [0.4, 0.5) is 13.2 Å². The number of H-pyrrole nitrogens is 1. The van der Waals surface area contributed by atoms with Gasteiger partial charge in [0.15, 0.2) is 5.78 Å². The number of pyridine rings is 1. The van der Waals surface area contributed by atoms with Crippen LogP contribution >= 0.6 is 0 Å². The van der Waals surface area contributed by atoms with E-state index in [0.29, 0.717) is 16.5 Å². The number of aromatic amines is 1. The van der Waals surface area contributed by atoms with Crippen molar-refractivity contribution in [1.82, 2.24) is 9.97 Å². The Morgan fingerprint density at radius 1 is 1.26 bits per heavy atom. The number of ketones is 1. The lowest BCUT2D eigenvalue weighted by atomic mass is 9.96. The molecule has 3 rings (SSSR count). The predicted molar refractivity (Wildman–Crippen MR) is 78.0 cm³/mol. The molecule has 1 aromatic carbocycles. The number of alkyl halides is 3. The number of hydrogen-bond donors (Lipinski definition) is 1. The van der Waals surface area contributed by atoms with Gasteiger partial charge in [0.25, 0.3) is 0 Å². The van der Waals surface area contributed by atoms with E-state index in [1.54, 1.807) is 6.07 Å². The second-order valence-corrected chi connectivity index (χ2v) is 4.77. The summed E-state index contributed by atoms with van der Waals surface area (Å²) in [5.41, 5.74) is 1.17. The summed E-state index contributed by atoms with van der Waals surface area (Å²) in [5, 5.41) is 0.497. The molecule has 0 fully saturated rings. The van der Waals surface area contributed by atoms with Gasteiger partial charge in [0.1, 0.15) is 19.2 Å². The average Bonchev–Trinajstić information content (AvgIpc) is 2.88. The second-order valence-electron chi connectivity index (χ2n) is 4.77. The van der Waals surface area contributed by atoms with Crippen molar-refractivity contribution in [3.8, 4) is 5.75 Å². The normalized spacial score (nSPS) is 11.6. The van der Waals surface area contributed by atoms with E-state index in [9.17, 15) is 18.0 Å². The molecule has 0 aliphatic heterocycles. The van der Waals surface area contributed by atoms with E-state index >= 15 is 0 Å². The molecule has 4 nitrogen and oxygen atoms in total. The van der Waals surface area contributed by atoms with E-state index in [4.69, 9.17) is 7.85 Å². The molecule has 0 aliphatic rings. The summed E-state index contributed by atoms with van der Waals surface area (Å²) in [6.45, 7) is 0. The zero-order chi connectivity index (χ0) is 16.6. The summed E-state index contributed by atoms with van der Waals surface area (Å²) in [6, 6.07) is 6.45. The number of carbonyl (C=O) groups is 1. The highest BCUT2D eigenvalue weighted by molar-refractivity contribution is 6.33. The first-order valence-corrected chi connectivity index (χ1v) is 6.46. The first-order valence-electron chi connectivity index (χ1n) is 6.46. The van der Waals surface area contributed by atoms with E-state index < -0.39 is 17.9 Å². The lowest BCUT2D eigenvalue weighted by Crippen LogP contribution is -2.17. The first kappa shape index (κ1) is 15.1. The zero-order valence-electron chi connectivity index (χ0n) is 11.5. The first-order chi connectivity index (χ1) is 10.8. The van der Waals surface area contributed by atoms with Crippen molar-refractivity contribution in [2.45, 2.75) is 6.36 Å². The molecule has 0 aliphatic carbocycles. The average molecular weight is 316 g/mol. The van der Waals surface area contributed by atoms with E-state index in [2.05, 4.69) is 14.7 Å². The van der Waals surface area contributed by atoms with Crippen LogP contribution < -0.4 is 10.2 Å². The largest absolute Gasteiger partial charge is 0.573 e. The van der Waals surface area contributed by atoms with Crippen LogP contribution in [0.25, 0.3) is 11.0 Å². The van der Waals surface area contributed by atoms with Crippen molar-refractivity contribution < 1.29 is 22.7 Å². The van der Waals surface area contributed by atoms with E-state index in [0.717, 1.165) is 12.1 Å². The molecule has 0 spiro atoms. The van der Waals surface area contributed by atoms with Gasteiger partial charge in [-0.3, -0.25) is 4.79 Å². The smallest absolute Gasteiger partial charge is 0.406 e. The van der Waals surface area contributed by atoms with Gasteiger partial charge in [0.2, 0.25) is 0 Å². The molecule has 0 amide bonds. The van der Waals surface area contributed by atoms with Crippen LogP contribution in [0.3, 0.4) is 0 Å². The van der Waals surface area contributed by atoms with Gasteiger partial charge in [-0.2, -0.15) is 0 Å². The lowest BCUT2D eigenvalue weighted by Gasteiger charge is -2.09. The molecular formula is C15H8BF3N2O2. The zero-order valence-corrected chi connectivity index (χ0v) is 11.5. The number of rotatable bonds is 3. The summed E-state index contributed by atoms with van der Waals surface area (Å²) >= 11 is 0. The molecule has 0 atom stereocenters. The van der Waals surface area contributed by atoms with Gasteiger partial charge >= 0.3 is 6.36 Å². The minimum Gasteiger partial charge on any atom is -0.406 e. The number of ether oxygens (including phenoxy) is 1. The van der Waals surface area contributed by atoms with E-state index in [1.165, 1.54) is 24.5 Å². The van der Waals surface area contributed by atoms with Crippen LogP contribution in [0, 0.1) is 0 Å². The van der Waals surface area contributed by atoms with Gasteiger partial charge in [-0.15, -0.1) is 13.2 Å². The molecule has 8 heteroatoms. The van der Waals surface area contributed by atoms with Crippen LogP contribution in [0.5, 0.6) is 5.75 Å². The number of carbonyl (C=O) groups excluding carboxylic acids is 1. The van der Waals surface area contributed by atoms with Crippen molar-refractivity contribution in [3.63, 3.8) is 0 Å². The van der Waals surface area contributed by atoms with Crippen LogP contribution in [0.2, 0.25) is 0 Å². The van der Waals surface area contributed by atoms with Gasteiger partial charge < -0.3 is 9.72 Å². The van der Waals surface area contributed by atoms with E-state index in [-0.39, 0.29) is 11.1 Å². The van der Waals surface area contributed by atoms with Gasteiger partial charge in [0.05, 0.1) is 0 Å². The molecule has 2 radical (unpaired) electrons. The summed E-state index contributed by atoms with van der Waals surface area (Å²) in [7, 11) is 5.65. The Kier molecular flexibility index (Phi) is 3.59. The number of aromatic nitrogens is 2. The number of benzene rings is 1. The molecule has 0 saturated heterocycles. The fourth-order valence-corrected chi connectivity index (χ4v) is 2.20. The number of nitrogens with one attached hydrogen (secondary N) is 1. The Hall–Kier alpha value is -2.77. The van der Waals surface area contributed by atoms with Crippen LogP contribution in [-0.2, 0) is 0 Å². The Bertz CT molecular complexity index is 890. The van der Waals surface area contributed by atoms with Crippen molar-refractivity contribution in [1.29, 1.82) is 0 Å². The van der Waals surface area contributed by atoms with Gasteiger partial charge in [-0.25, -0.2) is 4.98 Å². The SMILES string of the molecule is [B]c1cnc2[nH]cc(C(=O)c3cccc(OC(F)(F)F)c3)c2c1. The summed E-state index contributed by atoms with van der Waals surface area (Å²) in [5.74, 6) is -0.919. The predicted octanol–water partition coefficient (Wildman–Crippen LogP) is 2.49. The van der Waals surface area contributed by atoms with Crippen molar-refractivity contribution in [2.24, 2.45) is 0 Å². The lowest BCUT2D eigenvalue weighted by molar-refractivity contribution is -0.274. The topological polar surface area (TPSA) is 55.0 Å². The number of nitrogens with zero attached hydrogens (tertiary/aromatic N) is 1. The third-order valence-corrected chi connectivity index (χ3v) is 3.13. The molecule has 3 aromatic rings. The van der Waals surface area contributed by atoms with Crippen LogP contribution in [-0.4, -0.2) is 30.0 Å². The highest BCUT2D eigenvalue weighted by Crippen LogP contribution is 2.25. The summed E-state index contributed by atoms with van der Waals surface area (Å²) in [4.78, 5) is 19.4. The Labute approximate surface area is 129 Å². The maximum Gasteiger partial charge on any atom is 0.573 e. The molecule has 114 valence electrons. The fourth-order valence-electron chi connectivity index (χ4n) is 2.20. The highest BCUT2D eigenvalue weighted by Gasteiger charge is 2.31. The Morgan fingerprint density at radius 2 is 2.04 bits per heavy atom. The highest BCUT2D eigenvalue weighted by atomic mass is 19.4. The van der Waals surface area contributed by atoms with Gasteiger partial charge in [-0.1, -0.05) is 23.7 Å². The molecule has 0 saturated carbocycles. The Morgan fingerprint density at radius 3 is 2.78 bits per heavy atom.